The minimum atomic E-state index is -0.594. The molecule has 1 N–H and O–H groups in total. The van der Waals surface area contributed by atoms with Gasteiger partial charge >= 0.3 is 0 Å². The van der Waals surface area contributed by atoms with Crippen LogP contribution in [0.1, 0.15) is 23.6 Å². The zero-order chi connectivity index (χ0) is 12.6. The highest BCUT2D eigenvalue weighted by Gasteiger charge is 2.15. The lowest BCUT2D eigenvalue weighted by molar-refractivity contribution is 0.202. The molecule has 2 rings (SSSR count). The smallest absolute Gasteiger partial charge is 0.133 e. The fourth-order valence-corrected chi connectivity index (χ4v) is 2.77. The van der Waals surface area contributed by atoms with Gasteiger partial charge in [0.25, 0.3) is 0 Å². The maximum Gasteiger partial charge on any atom is 0.133 e. The molecular weight excluding hydrogens is 261 g/mol. The summed E-state index contributed by atoms with van der Waals surface area (Å²) in [6.45, 7) is 3.46. The van der Waals surface area contributed by atoms with E-state index in [-0.39, 0.29) is 5.82 Å². The highest BCUT2D eigenvalue weighted by molar-refractivity contribution is 7.15. The summed E-state index contributed by atoms with van der Waals surface area (Å²) in [5, 5.41) is 10.5. The van der Waals surface area contributed by atoms with Crippen LogP contribution >= 0.6 is 22.9 Å². The van der Waals surface area contributed by atoms with Crippen molar-refractivity contribution in [3.05, 3.63) is 39.6 Å². The summed E-state index contributed by atoms with van der Waals surface area (Å²) in [5.74, 6) is -0.361. The van der Waals surface area contributed by atoms with Crippen LogP contribution in [0.4, 0.5) is 4.39 Å². The summed E-state index contributed by atoms with van der Waals surface area (Å²) in [4.78, 5) is 5.01. The lowest BCUT2D eigenvalue weighted by Gasteiger charge is -2.00. The van der Waals surface area contributed by atoms with Crippen molar-refractivity contribution in [2.24, 2.45) is 0 Å². The number of halogens is 2. The molecule has 0 fully saturated rings. The molecular formula is C12H11ClFNOS. The van der Waals surface area contributed by atoms with Gasteiger partial charge in [-0.3, -0.25) is 0 Å². The number of thiazole rings is 1. The summed E-state index contributed by atoms with van der Waals surface area (Å²) < 4.78 is 13.6. The molecule has 1 aromatic carbocycles. The third-order valence-electron chi connectivity index (χ3n) is 2.37. The van der Waals surface area contributed by atoms with Gasteiger partial charge in [-0.25, -0.2) is 9.37 Å². The van der Waals surface area contributed by atoms with Crippen molar-refractivity contribution in [3.63, 3.8) is 0 Å². The van der Waals surface area contributed by atoms with Gasteiger partial charge in [0, 0.05) is 10.6 Å². The molecule has 17 heavy (non-hydrogen) atoms. The highest BCUT2D eigenvalue weighted by Crippen LogP contribution is 2.34. The lowest BCUT2D eigenvalue weighted by atomic mass is 10.2. The Morgan fingerprint density at radius 3 is 2.76 bits per heavy atom. The number of aryl methyl sites for hydroxylation is 1. The van der Waals surface area contributed by atoms with Crippen LogP contribution in [0.2, 0.25) is 5.02 Å². The lowest BCUT2D eigenvalue weighted by Crippen LogP contribution is -1.88. The SMILES string of the molecule is Cc1nc(-c2cc(Cl)ccc2F)sc1C(C)O. The van der Waals surface area contributed by atoms with E-state index in [0.717, 1.165) is 10.6 Å². The second kappa shape index (κ2) is 4.72. The van der Waals surface area contributed by atoms with Crippen molar-refractivity contribution in [1.82, 2.24) is 4.98 Å². The summed E-state index contributed by atoms with van der Waals surface area (Å²) >= 11 is 7.12. The van der Waals surface area contributed by atoms with Gasteiger partial charge in [0.2, 0.25) is 0 Å². The van der Waals surface area contributed by atoms with Crippen LogP contribution in [0.3, 0.4) is 0 Å². The first-order valence-corrected chi connectivity index (χ1v) is 6.29. The van der Waals surface area contributed by atoms with Crippen molar-refractivity contribution in [1.29, 1.82) is 0 Å². The fraction of sp³-hybridized carbons (Fsp3) is 0.250. The molecule has 0 bridgehead atoms. The average Bonchev–Trinajstić information content (AvgIpc) is 2.64. The molecule has 0 aliphatic heterocycles. The van der Waals surface area contributed by atoms with E-state index in [1.165, 1.54) is 23.5 Å². The standard InChI is InChI=1S/C12H11ClFNOS/c1-6-11(7(2)16)17-12(15-6)9-5-8(13)3-4-10(9)14/h3-5,7,16H,1-2H3. The van der Waals surface area contributed by atoms with Gasteiger partial charge in [-0.05, 0) is 32.0 Å². The number of rotatable bonds is 2. The summed E-state index contributed by atoms with van der Waals surface area (Å²) in [5.41, 5.74) is 1.09. The Bertz CT molecular complexity index is 553. The minimum Gasteiger partial charge on any atom is -0.388 e. The normalized spacial score (nSPS) is 12.8. The first kappa shape index (κ1) is 12.5. The Morgan fingerprint density at radius 1 is 1.47 bits per heavy atom. The molecule has 0 spiro atoms. The fourth-order valence-electron chi connectivity index (χ4n) is 1.57. The Labute approximate surface area is 108 Å². The zero-order valence-corrected chi connectivity index (χ0v) is 10.9. The van der Waals surface area contributed by atoms with E-state index in [0.29, 0.717) is 15.6 Å². The Kier molecular flexibility index (Phi) is 3.47. The Hall–Kier alpha value is -0.970. The van der Waals surface area contributed by atoms with Gasteiger partial charge in [0.15, 0.2) is 0 Å². The molecule has 2 nitrogen and oxygen atoms in total. The van der Waals surface area contributed by atoms with E-state index in [2.05, 4.69) is 4.98 Å². The van der Waals surface area contributed by atoms with E-state index in [1.54, 1.807) is 19.9 Å². The molecule has 0 saturated carbocycles. The highest BCUT2D eigenvalue weighted by atomic mass is 35.5. The third-order valence-corrected chi connectivity index (χ3v) is 3.97. The quantitative estimate of drug-likeness (QED) is 0.897. The van der Waals surface area contributed by atoms with Crippen LogP contribution in [-0.4, -0.2) is 10.1 Å². The number of aliphatic hydroxyl groups excluding tert-OH is 1. The van der Waals surface area contributed by atoms with Gasteiger partial charge in [-0.1, -0.05) is 11.6 Å². The number of benzene rings is 1. The topological polar surface area (TPSA) is 33.1 Å². The Balaban J connectivity index is 2.53. The first-order chi connectivity index (χ1) is 7.99. The zero-order valence-electron chi connectivity index (χ0n) is 9.37. The van der Waals surface area contributed by atoms with Crippen LogP contribution in [0.15, 0.2) is 18.2 Å². The molecule has 1 atom stereocenters. The maximum atomic E-state index is 13.6. The molecule has 0 radical (unpaired) electrons. The van der Waals surface area contributed by atoms with Crippen LogP contribution in [0, 0.1) is 12.7 Å². The first-order valence-electron chi connectivity index (χ1n) is 5.10. The largest absolute Gasteiger partial charge is 0.388 e. The minimum absolute atomic E-state index is 0.361. The van der Waals surface area contributed by atoms with E-state index in [4.69, 9.17) is 11.6 Å². The molecule has 1 unspecified atom stereocenters. The number of hydrogen-bond donors (Lipinski definition) is 1. The van der Waals surface area contributed by atoms with Crippen LogP contribution < -0.4 is 0 Å². The van der Waals surface area contributed by atoms with E-state index in [1.807, 2.05) is 0 Å². The predicted molar refractivity (Wildman–Crippen MR) is 67.9 cm³/mol. The van der Waals surface area contributed by atoms with E-state index >= 15 is 0 Å². The number of hydrogen-bond acceptors (Lipinski definition) is 3. The molecule has 1 aromatic heterocycles. The van der Waals surface area contributed by atoms with Gasteiger partial charge < -0.3 is 5.11 Å². The van der Waals surface area contributed by atoms with Gasteiger partial charge in [0.05, 0.1) is 16.7 Å². The summed E-state index contributed by atoms with van der Waals surface area (Å²) in [7, 11) is 0. The van der Waals surface area contributed by atoms with Crippen molar-refractivity contribution < 1.29 is 9.50 Å². The maximum absolute atomic E-state index is 13.6. The van der Waals surface area contributed by atoms with Crippen LogP contribution in [-0.2, 0) is 0 Å². The molecule has 0 aliphatic rings. The number of aromatic nitrogens is 1. The van der Waals surface area contributed by atoms with Gasteiger partial charge in [-0.2, -0.15) is 0 Å². The molecule has 1 heterocycles. The Morgan fingerprint density at radius 2 is 2.18 bits per heavy atom. The van der Waals surface area contributed by atoms with Crippen molar-refractivity contribution >= 4 is 22.9 Å². The van der Waals surface area contributed by atoms with E-state index < -0.39 is 6.10 Å². The second-order valence-electron chi connectivity index (χ2n) is 3.77. The molecule has 0 amide bonds. The van der Waals surface area contributed by atoms with Crippen LogP contribution in [0.25, 0.3) is 10.6 Å². The predicted octanol–water partition coefficient (Wildman–Crippen LogP) is 3.96. The monoisotopic (exact) mass is 271 g/mol. The second-order valence-corrected chi connectivity index (χ2v) is 5.24. The molecule has 0 aliphatic carbocycles. The van der Waals surface area contributed by atoms with Gasteiger partial charge in [-0.15, -0.1) is 11.3 Å². The van der Waals surface area contributed by atoms with Crippen molar-refractivity contribution in [3.8, 4) is 10.6 Å². The summed E-state index contributed by atoms with van der Waals surface area (Å²) in [6, 6.07) is 4.36. The van der Waals surface area contributed by atoms with E-state index in [9.17, 15) is 9.50 Å². The number of nitrogens with zero attached hydrogens (tertiary/aromatic N) is 1. The van der Waals surface area contributed by atoms with Crippen LogP contribution in [0.5, 0.6) is 0 Å². The molecule has 0 saturated heterocycles. The molecule has 2 aromatic rings. The van der Waals surface area contributed by atoms with Gasteiger partial charge in [0.1, 0.15) is 10.8 Å². The molecule has 5 heteroatoms. The summed E-state index contributed by atoms with van der Waals surface area (Å²) in [6.07, 6.45) is -0.594. The van der Waals surface area contributed by atoms with Crippen molar-refractivity contribution in [2.45, 2.75) is 20.0 Å². The third kappa shape index (κ3) is 2.49. The number of aliphatic hydroxyl groups is 1. The molecule has 90 valence electrons. The van der Waals surface area contributed by atoms with Crippen molar-refractivity contribution in [2.75, 3.05) is 0 Å². The average molecular weight is 272 g/mol.